The number of urea groups is 1. The molecule has 2 N–H and O–H groups in total. The molecule has 0 radical (unpaired) electrons. The minimum absolute atomic E-state index is 0.0382. The summed E-state index contributed by atoms with van der Waals surface area (Å²) in [5, 5.41) is 13.0. The van der Waals surface area contributed by atoms with Crippen LogP contribution < -0.4 is 5.32 Å². The second kappa shape index (κ2) is 7.09. The van der Waals surface area contributed by atoms with Crippen molar-refractivity contribution < 1.29 is 9.90 Å². The highest BCUT2D eigenvalue weighted by Crippen LogP contribution is 2.28. The Morgan fingerprint density at radius 2 is 2.18 bits per heavy atom. The van der Waals surface area contributed by atoms with Crippen molar-refractivity contribution in [1.29, 1.82) is 0 Å². The van der Waals surface area contributed by atoms with E-state index >= 15 is 0 Å². The number of aliphatic hydroxyl groups is 1. The van der Waals surface area contributed by atoms with Crippen molar-refractivity contribution in [3.8, 4) is 0 Å². The van der Waals surface area contributed by atoms with Gasteiger partial charge in [-0.25, -0.2) is 4.79 Å². The smallest absolute Gasteiger partial charge is 0.317 e. The number of hydrogen-bond acceptors (Lipinski definition) is 3. The van der Waals surface area contributed by atoms with Gasteiger partial charge in [-0.3, -0.25) is 4.98 Å². The van der Waals surface area contributed by atoms with Crippen LogP contribution in [0.15, 0.2) is 24.5 Å². The van der Waals surface area contributed by atoms with E-state index in [4.69, 9.17) is 0 Å². The van der Waals surface area contributed by atoms with Crippen molar-refractivity contribution in [1.82, 2.24) is 15.2 Å². The van der Waals surface area contributed by atoms with Crippen molar-refractivity contribution in [3.63, 3.8) is 0 Å². The first-order valence-corrected chi connectivity index (χ1v) is 7.98. The third kappa shape index (κ3) is 4.98. The molecule has 22 heavy (non-hydrogen) atoms. The molecule has 2 rings (SSSR count). The van der Waals surface area contributed by atoms with E-state index in [2.05, 4.69) is 24.1 Å². The summed E-state index contributed by atoms with van der Waals surface area (Å²) in [6, 6.07) is 3.96. The van der Waals surface area contributed by atoms with Gasteiger partial charge < -0.3 is 15.3 Å². The molecule has 1 fully saturated rings. The summed E-state index contributed by atoms with van der Waals surface area (Å²) in [6.45, 7) is 7.50. The van der Waals surface area contributed by atoms with E-state index in [0.29, 0.717) is 19.5 Å². The molecular formula is C17H27N3O2. The van der Waals surface area contributed by atoms with Gasteiger partial charge in [-0.05, 0) is 49.3 Å². The van der Waals surface area contributed by atoms with Crippen molar-refractivity contribution in [2.24, 2.45) is 5.41 Å². The fraction of sp³-hybridized carbons (Fsp3) is 0.647. The zero-order chi connectivity index (χ0) is 16.2. The molecule has 2 unspecified atom stereocenters. The van der Waals surface area contributed by atoms with Crippen LogP contribution in [0.3, 0.4) is 0 Å². The molecular weight excluding hydrogens is 278 g/mol. The topological polar surface area (TPSA) is 65.5 Å². The molecule has 2 heterocycles. The Balaban J connectivity index is 1.90. The SMILES string of the molecule is CC(Cc1ccncc1)NC(=O)N1CCC(O)CC(C)(C)C1. The number of aromatic nitrogens is 1. The second-order valence-electron chi connectivity index (χ2n) is 7.14. The fourth-order valence-corrected chi connectivity index (χ4v) is 3.10. The molecule has 0 aliphatic carbocycles. The monoisotopic (exact) mass is 305 g/mol. The van der Waals surface area contributed by atoms with Gasteiger partial charge in [0.05, 0.1) is 6.10 Å². The van der Waals surface area contributed by atoms with Gasteiger partial charge in [0.25, 0.3) is 0 Å². The summed E-state index contributed by atoms with van der Waals surface area (Å²) in [6.07, 6.45) is 5.39. The summed E-state index contributed by atoms with van der Waals surface area (Å²) >= 11 is 0. The minimum atomic E-state index is -0.318. The Bertz CT molecular complexity index is 490. The molecule has 0 spiro atoms. The fourth-order valence-electron chi connectivity index (χ4n) is 3.10. The normalized spacial score (nSPS) is 22.7. The average molecular weight is 305 g/mol. The van der Waals surface area contributed by atoms with Crippen LogP contribution in [0.1, 0.15) is 39.2 Å². The predicted octanol–water partition coefficient (Wildman–Crippen LogP) is 2.21. The van der Waals surface area contributed by atoms with Gasteiger partial charge in [0.2, 0.25) is 0 Å². The number of carbonyl (C=O) groups excluding carboxylic acids is 1. The summed E-state index contributed by atoms with van der Waals surface area (Å²) in [4.78, 5) is 18.3. The lowest BCUT2D eigenvalue weighted by molar-refractivity contribution is 0.121. The number of nitrogens with one attached hydrogen (secondary N) is 1. The standard InChI is InChI=1S/C17H27N3O2/c1-13(10-14-4-7-18-8-5-14)19-16(22)20-9-6-15(21)11-17(2,3)12-20/h4-5,7-8,13,15,21H,6,9-12H2,1-3H3,(H,19,22). The van der Waals surface area contributed by atoms with Crippen LogP contribution in [0.4, 0.5) is 4.79 Å². The highest BCUT2D eigenvalue weighted by molar-refractivity contribution is 5.74. The Morgan fingerprint density at radius 3 is 2.86 bits per heavy atom. The maximum absolute atomic E-state index is 12.5. The first kappa shape index (κ1) is 16.7. The molecule has 5 heteroatoms. The van der Waals surface area contributed by atoms with E-state index in [1.165, 1.54) is 0 Å². The van der Waals surface area contributed by atoms with Gasteiger partial charge in [-0.2, -0.15) is 0 Å². The van der Waals surface area contributed by atoms with Crippen molar-refractivity contribution in [2.45, 2.75) is 52.2 Å². The molecule has 2 atom stereocenters. The Labute approximate surface area is 132 Å². The lowest BCUT2D eigenvalue weighted by Crippen LogP contribution is -2.47. The molecule has 1 saturated heterocycles. The Morgan fingerprint density at radius 1 is 1.50 bits per heavy atom. The number of likely N-dealkylation sites (tertiary alicyclic amines) is 1. The van der Waals surface area contributed by atoms with Crippen LogP contribution in [0.5, 0.6) is 0 Å². The number of carbonyl (C=O) groups is 1. The van der Waals surface area contributed by atoms with Crippen molar-refractivity contribution >= 4 is 6.03 Å². The molecule has 122 valence electrons. The zero-order valence-corrected chi connectivity index (χ0v) is 13.7. The van der Waals surface area contributed by atoms with Gasteiger partial charge in [0.15, 0.2) is 0 Å². The van der Waals surface area contributed by atoms with E-state index in [9.17, 15) is 9.90 Å². The molecule has 1 aromatic heterocycles. The van der Waals surface area contributed by atoms with E-state index in [1.54, 1.807) is 12.4 Å². The summed E-state index contributed by atoms with van der Waals surface area (Å²) < 4.78 is 0. The first-order chi connectivity index (χ1) is 10.4. The first-order valence-electron chi connectivity index (χ1n) is 7.98. The summed E-state index contributed by atoms with van der Waals surface area (Å²) in [7, 11) is 0. The molecule has 2 amide bonds. The zero-order valence-electron chi connectivity index (χ0n) is 13.7. The molecule has 1 aromatic rings. The van der Waals surface area contributed by atoms with Gasteiger partial charge in [-0.1, -0.05) is 13.8 Å². The van der Waals surface area contributed by atoms with Crippen molar-refractivity contribution in [2.75, 3.05) is 13.1 Å². The number of aliphatic hydroxyl groups excluding tert-OH is 1. The number of pyridine rings is 1. The summed E-state index contributed by atoms with van der Waals surface area (Å²) in [5.74, 6) is 0. The van der Waals surface area contributed by atoms with Crippen LogP contribution in [0.2, 0.25) is 0 Å². The largest absolute Gasteiger partial charge is 0.393 e. The van der Waals surface area contributed by atoms with E-state index in [0.717, 1.165) is 18.4 Å². The molecule has 0 bridgehead atoms. The molecule has 1 aliphatic heterocycles. The third-order valence-corrected chi connectivity index (χ3v) is 4.09. The second-order valence-corrected chi connectivity index (χ2v) is 7.14. The molecule has 1 aliphatic rings. The maximum atomic E-state index is 12.5. The van der Waals surface area contributed by atoms with Crippen LogP contribution in [-0.4, -0.2) is 46.3 Å². The third-order valence-electron chi connectivity index (χ3n) is 4.09. The molecule has 0 saturated carbocycles. The highest BCUT2D eigenvalue weighted by Gasteiger charge is 2.31. The van der Waals surface area contributed by atoms with Crippen LogP contribution in [0.25, 0.3) is 0 Å². The highest BCUT2D eigenvalue weighted by atomic mass is 16.3. The van der Waals surface area contributed by atoms with Gasteiger partial charge in [-0.15, -0.1) is 0 Å². The Kier molecular flexibility index (Phi) is 5.40. The number of nitrogens with zero attached hydrogens (tertiary/aromatic N) is 2. The van der Waals surface area contributed by atoms with E-state index in [1.807, 2.05) is 24.0 Å². The predicted molar refractivity (Wildman–Crippen MR) is 86.5 cm³/mol. The van der Waals surface area contributed by atoms with Gasteiger partial charge in [0.1, 0.15) is 0 Å². The maximum Gasteiger partial charge on any atom is 0.317 e. The van der Waals surface area contributed by atoms with Crippen molar-refractivity contribution in [3.05, 3.63) is 30.1 Å². The summed E-state index contributed by atoms with van der Waals surface area (Å²) in [5.41, 5.74) is 1.11. The quantitative estimate of drug-likeness (QED) is 0.900. The average Bonchev–Trinajstić information content (AvgIpc) is 2.57. The number of amides is 2. The molecule has 0 aromatic carbocycles. The molecule has 5 nitrogen and oxygen atoms in total. The van der Waals surface area contributed by atoms with Crippen LogP contribution in [0, 0.1) is 5.41 Å². The Hall–Kier alpha value is -1.62. The van der Waals surface area contributed by atoms with Crippen LogP contribution >= 0.6 is 0 Å². The number of rotatable bonds is 3. The van der Waals surface area contributed by atoms with E-state index < -0.39 is 0 Å². The van der Waals surface area contributed by atoms with Crippen LogP contribution in [-0.2, 0) is 6.42 Å². The lowest BCUT2D eigenvalue weighted by atomic mass is 9.87. The lowest BCUT2D eigenvalue weighted by Gasteiger charge is -2.30. The van der Waals surface area contributed by atoms with E-state index in [-0.39, 0.29) is 23.6 Å². The number of hydrogen-bond donors (Lipinski definition) is 2. The van der Waals surface area contributed by atoms with Gasteiger partial charge >= 0.3 is 6.03 Å². The van der Waals surface area contributed by atoms with Gasteiger partial charge in [0, 0.05) is 31.5 Å². The minimum Gasteiger partial charge on any atom is -0.393 e.